The molecule has 6 heteroatoms. The molecule has 0 saturated carbocycles. The lowest BCUT2D eigenvalue weighted by atomic mass is 10.1. The van der Waals surface area contributed by atoms with Crippen LogP contribution in [0.5, 0.6) is 0 Å². The molecule has 4 nitrogen and oxygen atoms in total. The first-order chi connectivity index (χ1) is 14.8. The molecule has 0 N–H and O–H groups in total. The normalized spacial score (nSPS) is 17.3. The van der Waals surface area contributed by atoms with Crippen LogP contribution in [-0.4, -0.2) is 32.6 Å². The summed E-state index contributed by atoms with van der Waals surface area (Å²) in [4.78, 5) is 20.2. The summed E-state index contributed by atoms with van der Waals surface area (Å²) in [7, 11) is 0. The fourth-order valence-electron chi connectivity index (χ4n) is 3.73. The van der Waals surface area contributed by atoms with Gasteiger partial charge in [-0.15, -0.1) is 0 Å². The molecule has 2 aromatic carbocycles. The number of aliphatic imine (C=N–C) groups is 1. The van der Waals surface area contributed by atoms with Gasteiger partial charge < -0.3 is 4.57 Å². The van der Waals surface area contributed by atoms with Gasteiger partial charge in [-0.05, 0) is 57.7 Å². The highest BCUT2D eigenvalue weighted by atomic mass is 32.2. The van der Waals surface area contributed by atoms with Gasteiger partial charge in [0, 0.05) is 40.3 Å². The van der Waals surface area contributed by atoms with Crippen LogP contribution in [0, 0.1) is 5.82 Å². The quantitative estimate of drug-likeness (QED) is 0.467. The summed E-state index contributed by atoms with van der Waals surface area (Å²) in [6, 6.07) is 15.0. The van der Waals surface area contributed by atoms with Crippen molar-refractivity contribution in [1.82, 2.24) is 9.47 Å². The average Bonchev–Trinajstić information content (AvgIpc) is 3.21. The van der Waals surface area contributed by atoms with Crippen molar-refractivity contribution in [3.8, 4) is 0 Å². The molecule has 1 aliphatic rings. The van der Waals surface area contributed by atoms with Gasteiger partial charge in [0.2, 0.25) is 0 Å². The van der Waals surface area contributed by atoms with Crippen LogP contribution >= 0.6 is 11.8 Å². The van der Waals surface area contributed by atoms with E-state index >= 15 is 0 Å². The fourth-order valence-corrected chi connectivity index (χ4v) is 4.95. The summed E-state index contributed by atoms with van der Waals surface area (Å²) in [5.74, 6) is -0.242. The zero-order valence-corrected chi connectivity index (χ0v) is 19.0. The molecule has 0 spiro atoms. The molecule has 1 fully saturated rings. The van der Waals surface area contributed by atoms with Crippen molar-refractivity contribution in [3.63, 3.8) is 0 Å². The molecule has 1 amide bonds. The highest BCUT2D eigenvalue weighted by molar-refractivity contribution is 8.18. The number of thioether (sulfide) groups is 1. The Kier molecular flexibility index (Phi) is 6.01. The molecule has 1 saturated heterocycles. The minimum Gasteiger partial charge on any atom is -0.342 e. The Bertz CT molecular complexity index is 1190. The Morgan fingerprint density at radius 3 is 2.48 bits per heavy atom. The largest absolute Gasteiger partial charge is 0.342 e. The summed E-state index contributed by atoms with van der Waals surface area (Å²) in [5, 5.41) is 1.78. The van der Waals surface area contributed by atoms with Crippen LogP contribution in [0.4, 0.5) is 4.39 Å². The van der Waals surface area contributed by atoms with Crippen LogP contribution in [0.3, 0.4) is 0 Å². The molecule has 0 unspecified atom stereocenters. The second kappa shape index (κ2) is 8.71. The topological polar surface area (TPSA) is 37.6 Å². The molecule has 0 atom stereocenters. The lowest BCUT2D eigenvalue weighted by Crippen LogP contribution is -2.35. The van der Waals surface area contributed by atoms with Crippen LogP contribution in [0.15, 0.2) is 64.6 Å². The average molecular weight is 436 g/mol. The van der Waals surface area contributed by atoms with Crippen LogP contribution < -0.4 is 0 Å². The predicted molar refractivity (Wildman–Crippen MR) is 128 cm³/mol. The zero-order valence-electron chi connectivity index (χ0n) is 18.2. The van der Waals surface area contributed by atoms with E-state index in [1.165, 1.54) is 17.8 Å². The molecule has 0 bridgehead atoms. The predicted octanol–water partition coefficient (Wildman–Crippen LogP) is 5.92. The van der Waals surface area contributed by atoms with Gasteiger partial charge in [-0.1, -0.05) is 36.4 Å². The van der Waals surface area contributed by atoms with E-state index in [1.807, 2.05) is 74.9 Å². The van der Waals surface area contributed by atoms with Gasteiger partial charge >= 0.3 is 0 Å². The van der Waals surface area contributed by atoms with Crippen molar-refractivity contribution in [2.75, 3.05) is 0 Å². The van der Waals surface area contributed by atoms with Crippen LogP contribution in [0.1, 0.15) is 38.8 Å². The highest BCUT2D eigenvalue weighted by Crippen LogP contribution is 2.36. The molecule has 1 aromatic heterocycles. The summed E-state index contributed by atoms with van der Waals surface area (Å²) in [6.45, 7) is 8.44. The number of nitrogens with zero attached hydrogens (tertiary/aromatic N) is 3. The second-order valence-electron chi connectivity index (χ2n) is 8.21. The lowest BCUT2D eigenvalue weighted by Gasteiger charge is -2.20. The van der Waals surface area contributed by atoms with Gasteiger partial charge in [0.25, 0.3) is 5.91 Å². The first kappa shape index (κ1) is 21.4. The Balaban J connectivity index is 1.76. The summed E-state index contributed by atoms with van der Waals surface area (Å²) >= 11 is 1.42. The Hall–Kier alpha value is -2.86. The zero-order chi connectivity index (χ0) is 22.1. The Labute approximate surface area is 186 Å². The number of benzene rings is 2. The molecule has 2 heterocycles. The van der Waals surface area contributed by atoms with Gasteiger partial charge in [0.05, 0.1) is 11.4 Å². The third kappa shape index (κ3) is 4.30. The van der Waals surface area contributed by atoms with Gasteiger partial charge in [-0.2, -0.15) is 0 Å². The molecular formula is C25H26FN3OS. The molecule has 3 aromatic rings. The number of amides is 1. The summed E-state index contributed by atoms with van der Waals surface area (Å²) in [5.41, 5.74) is 2.58. The van der Waals surface area contributed by atoms with E-state index in [0.29, 0.717) is 17.0 Å². The third-order valence-corrected chi connectivity index (χ3v) is 6.12. The molecule has 31 heavy (non-hydrogen) atoms. The maximum absolute atomic E-state index is 14.2. The number of aromatic nitrogens is 1. The number of halogens is 1. The summed E-state index contributed by atoms with van der Waals surface area (Å²) in [6.07, 6.45) is 3.93. The number of carbonyl (C=O) groups is 1. The number of carbonyl (C=O) groups excluding carboxylic acids is 1. The van der Waals surface area contributed by atoms with E-state index in [2.05, 4.69) is 4.99 Å². The van der Waals surface area contributed by atoms with Gasteiger partial charge in [0.1, 0.15) is 5.82 Å². The molecule has 4 rings (SSSR count). The van der Waals surface area contributed by atoms with Gasteiger partial charge in [0.15, 0.2) is 5.17 Å². The smallest absolute Gasteiger partial charge is 0.266 e. The van der Waals surface area contributed by atoms with E-state index in [9.17, 15) is 9.18 Å². The van der Waals surface area contributed by atoms with E-state index in [1.54, 1.807) is 17.0 Å². The van der Waals surface area contributed by atoms with Crippen molar-refractivity contribution in [2.45, 2.75) is 46.3 Å². The number of hydrogen-bond donors (Lipinski definition) is 0. The van der Waals surface area contributed by atoms with Crippen molar-refractivity contribution >= 4 is 39.8 Å². The van der Waals surface area contributed by atoms with Crippen LogP contribution in [0.2, 0.25) is 0 Å². The number of rotatable bonds is 5. The van der Waals surface area contributed by atoms with Gasteiger partial charge in [-0.3, -0.25) is 14.7 Å². The first-order valence-corrected chi connectivity index (χ1v) is 11.3. The summed E-state index contributed by atoms with van der Waals surface area (Å²) < 4.78 is 16.3. The van der Waals surface area contributed by atoms with E-state index < -0.39 is 0 Å². The van der Waals surface area contributed by atoms with Gasteiger partial charge in [-0.25, -0.2) is 4.39 Å². The fraction of sp³-hybridized carbons (Fsp3) is 0.280. The van der Waals surface area contributed by atoms with Crippen LogP contribution in [0.25, 0.3) is 17.0 Å². The molecule has 0 aliphatic carbocycles. The minimum atomic E-state index is -0.219. The second-order valence-corrected chi connectivity index (χ2v) is 9.21. The number of amidine groups is 1. The lowest BCUT2D eigenvalue weighted by molar-refractivity contribution is -0.123. The maximum atomic E-state index is 14.2. The molecule has 0 radical (unpaired) electrons. The van der Waals surface area contributed by atoms with Crippen molar-refractivity contribution in [2.24, 2.45) is 4.99 Å². The molecular weight excluding hydrogens is 409 g/mol. The molecule has 160 valence electrons. The minimum absolute atomic E-state index is 0.0228. The van der Waals surface area contributed by atoms with E-state index in [0.717, 1.165) is 21.6 Å². The van der Waals surface area contributed by atoms with E-state index in [4.69, 9.17) is 0 Å². The standard InChI is InChI=1S/C25H26FN3OS/c1-16(2)27-25-29(17(3)4)24(30)23(31-25)13-19-15-28(22-12-8-6-10-20(19)22)14-18-9-5-7-11-21(18)26/h5-13,15-17H,14H2,1-4H3/b23-13+,27-25?. The monoisotopic (exact) mass is 435 g/mol. The number of hydrogen-bond acceptors (Lipinski definition) is 3. The van der Waals surface area contributed by atoms with Crippen molar-refractivity contribution in [1.29, 1.82) is 0 Å². The van der Waals surface area contributed by atoms with Crippen LogP contribution in [-0.2, 0) is 11.3 Å². The third-order valence-electron chi connectivity index (χ3n) is 5.13. The Morgan fingerprint density at radius 1 is 1.06 bits per heavy atom. The number of para-hydroxylation sites is 1. The Morgan fingerprint density at radius 2 is 1.77 bits per heavy atom. The van der Waals surface area contributed by atoms with Crippen molar-refractivity contribution in [3.05, 3.63) is 76.6 Å². The maximum Gasteiger partial charge on any atom is 0.266 e. The molecule has 1 aliphatic heterocycles. The highest BCUT2D eigenvalue weighted by Gasteiger charge is 2.35. The van der Waals surface area contributed by atoms with Crippen molar-refractivity contribution < 1.29 is 9.18 Å². The number of fused-ring (bicyclic) bond motifs is 1. The first-order valence-electron chi connectivity index (χ1n) is 10.5. The van der Waals surface area contributed by atoms with E-state index in [-0.39, 0.29) is 23.8 Å². The SMILES string of the molecule is CC(C)N=C1S/C(=C/c2cn(Cc3ccccc3F)c3ccccc23)C(=O)N1C(C)C.